The van der Waals surface area contributed by atoms with Crippen molar-refractivity contribution in [3.63, 3.8) is 0 Å². The molecular formula is C12H24ClN3O3S. The van der Waals surface area contributed by atoms with Crippen LogP contribution < -0.4 is 11.1 Å². The molecule has 1 saturated carbocycles. The third-order valence-corrected chi connectivity index (χ3v) is 6.00. The highest BCUT2D eigenvalue weighted by Crippen LogP contribution is 2.25. The maximum atomic E-state index is 12.1. The van der Waals surface area contributed by atoms with Gasteiger partial charge in [0, 0.05) is 19.6 Å². The minimum Gasteiger partial charge on any atom is -0.353 e. The van der Waals surface area contributed by atoms with Gasteiger partial charge >= 0.3 is 0 Å². The van der Waals surface area contributed by atoms with E-state index >= 15 is 0 Å². The number of nitrogens with one attached hydrogen (secondary N) is 1. The Morgan fingerprint density at radius 2 is 1.85 bits per heavy atom. The Morgan fingerprint density at radius 1 is 1.20 bits per heavy atom. The molecule has 8 heteroatoms. The summed E-state index contributed by atoms with van der Waals surface area (Å²) in [5.74, 6) is 0.0886. The molecule has 2 aliphatic rings. The largest absolute Gasteiger partial charge is 0.353 e. The average molecular weight is 326 g/mol. The third kappa shape index (κ3) is 4.07. The first-order chi connectivity index (χ1) is 8.94. The summed E-state index contributed by atoms with van der Waals surface area (Å²) in [6, 6.07) is 0. The fourth-order valence-electron chi connectivity index (χ4n) is 2.82. The molecule has 1 amide bonds. The van der Waals surface area contributed by atoms with E-state index in [2.05, 4.69) is 5.32 Å². The number of nitrogens with two attached hydrogens (primary N) is 1. The van der Waals surface area contributed by atoms with Crippen molar-refractivity contribution >= 4 is 28.3 Å². The van der Waals surface area contributed by atoms with Gasteiger partial charge in [0.05, 0.1) is 11.3 Å². The van der Waals surface area contributed by atoms with Crippen LogP contribution in [0.25, 0.3) is 0 Å². The fourth-order valence-corrected chi connectivity index (χ4v) is 4.35. The summed E-state index contributed by atoms with van der Waals surface area (Å²) in [6.45, 7) is 1.26. The smallest absolute Gasteiger partial charge is 0.240 e. The number of carbonyl (C=O) groups excluding carboxylic acids is 1. The van der Waals surface area contributed by atoms with Gasteiger partial charge in [-0.3, -0.25) is 4.79 Å². The lowest BCUT2D eigenvalue weighted by atomic mass is 9.82. The summed E-state index contributed by atoms with van der Waals surface area (Å²) in [4.78, 5) is 12.1. The second kappa shape index (κ2) is 7.06. The lowest BCUT2D eigenvalue weighted by molar-refractivity contribution is -0.127. The molecular weight excluding hydrogens is 302 g/mol. The van der Waals surface area contributed by atoms with Gasteiger partial charge in [-0.1, -0.05) is 19.3 Å². The Bertz CT molecular complexity index is 435. The Morgan fingerprint density at radius 3 is 2.40 bits per heavy atom. The number of sulfonamides is 1. The van der Waals surface area contributed by atoms with Crippen LogP contribution in [0.15, 0.2) is 0 Å². The molecule has 3 N–H and O–H groups in total. The van der Waals surface area contributed by atoms with Gasteiger partial charge in [-0.25, -0.2) is 12.7 Å². The minimum atomic E-state index is -3.07. The van der Waals surface area contributed by atoms with E-state index in [9.17, 15) is 13.2 Å². The fraction of sp³-hybridized carbons (Fsp3) is 0.917. The van der Waals surface area contributed by atoms with Crippen LogP contribution in [0.5, 0.6) is 0 Å². The van der Waals surface area contributed by atoms with Gasteiger partial charge in [0.15, 0.2) is 0 Å². The molecule has 2 fully saturated rings. The van der Waals surface area contributed by atoms with Gasteiger partial charge in [-0.15, -0.1) is 12.4 Å². The average Bonchev–Trinajstić information content (AvgIpc) is 2.69. The Labute approximate surface area is 126 Å². The molecule has 2 rings (SSSR count). The van der Waals surface area contributed by atoms with E-state index in [-0.39, 0.29) is 24.1 Å². The summed E-state index contributed by atoms with van der Waals surface area (Å²) in [6.07, 6.45) is 5.24. The number of hydrogen-bond donors (Lipinski definition) is 2. The predicted molar refractivity (Wildman–Crippen MR) is 80.2 cm³/mol. The molecule has 0 radical (unpaired) electrons. The third-order valence-electron chi connectivity index (χ3n) is 4.05. The highest BCUT2D eigenvalue weighted by Gasteiger charge is 2.35. The van der Waals surface area contributed by atoms with Crippen molar-refractivity contribution in [1.29, 1.82) is 0 Å². The number of nitrogens with zero attached hydrogens (tertiary/aromatic N) is 1. The molecule has 1 aliphatic carbocycles. The van der Waals surface area contributed by atoms with Crippen LogP contribution in [0.2, 0.25) is 0 Å². The number of carbonyl (C=O) groups is 1. The zero-order valence-electron chi connectivity index (χ0n) is 11.6. The van der Waals surface area contributed by atoms with E-state index in [1.54, 1.807) is 0 Å². The van der Waals surface area contributed by atoms with Crippen molar-refractivity contribution < 1.29 is 13.2 Å². The summed E-state index contributed by atoms with van der Waals surface area (Å²) in [7, 11) is -3.07. The molecule has 0 aromatic rings. The highest BCUT2D eigenvalue weighted by molar-refractivity contribution is 7.89. The van der Waals surface area contributed by atoms with Gasteiger partial charge in [0.2, 0.25) is 15.9 Å². The first-order valence-corrected chi connectivity index (χ1v) is 8.60. The van der Waals surface area contributed by atoms with Crippen molar-refractivity contribution in [1.82, 2.24) is 9.62 Å². The lowest BCUT2D eigenvalue weighted by Gasteiger charge is -2.32. The molecule has 118 valence electrons. The van der Waals surface area contributed by atoms with Gasteiger partial charge in [0.25, 0.3) is 0 Å². The molecule has 1 heterocycles. The van der Waals surface area contributed by atoms with E-state index in [1.165, 1.54) is 4.31 Å². The number of halogens is 1. The minimum absolute atomic E-state index is 0. The van der Waals surface area contributed by atoms with Crippen LogP contribution in [0.1, 0.15) is 38.5 Å². The molecule has 0 bridgehead atoms. The van der Waals surface area contributed by atoms with Crippen molar-refractivity contribution in [3.8, 4) is 0 Å². The summed E-state index contributed by atoms with van der Waals surface area (Å²) >= 11 is 0. The van der Waals surface area contributed by atoms with Crippen molar-refractivity contribution in [3.05, 3.63) is 0 Å². The van der Waals surface area contributed by atoms with Crippen molar-refractivity contribution in [2.24, 2.45) is 5.73 Å². The Kier molecular flexibility index (Phi) is 6.25. The molecule has 0 spiro atoms. The second-order valence-electron chi connectivity index (χ2n) is 5.54. The normalized spacial score (nSPS) is 24.9. The zero-order chi connectivity index (χ0) is 13.9. The van der Waals surface area contributed by atoms with E-state index < -0.39 is 15.6 Å². The van der Waals surface area contributed by atoms with E-state index in [0.717, 1.165) is 32.1 Å². The SMILES string of the molecule is Cl.NC1(C(=O)NCCN2CCCS2(=O)=O)CCCCC1. The standard InChI is InChI=1S/C12H23N3O3S.ClH/c13-12(5-2-1-3-6-12)11(16)14-7-9-15-8-4-10-19(15,17)18;/h1-10,13H2,(H,14,16);1H. The van der Waals surface area contributed by atoms with Crippen LogP contribution in [0, 0.1) is 0 Å². The monoisotopic (exact) mass is 325 g/mol. The summed E-state index contributed by atoms with van der Waals surface area (Å²) < 4.78 is 24.6. The first-order valence-electron chi connectivity index (χ1n) is 6.99. The first kappa shape index (κ1) is 17.7. The van der Waals surface area contributed by atoms with Gasteiger partial charge in [-0.2, -0.15) is 0 Å². The maximum Gasteiger partial charge on any atom is 0.240 e. The van der Waals surface area contributed by atoms with E-state index in [4.69, 9.17) is 5.73 Å². The molecule has 6 nitrogen and oxygen atoms in total. The van der Waals surface area contributed by atoms with Crippen LogP contribution in [-0.4, -0.2) is 49.6 Å². The van der Waals surface area contributed by atoms with E-state index in [1.807, 2.05) is 0 Å². The van der Waals surface area contributed by atoms with Gasteiger partial charge in [0.1, 0.15) is 0 Å². The van der Waals surface area contributed by atoms with Crippen LogP contribution in [0.3, 0.4) is 0 Å². The number of hydrogen-bond acceptors (Lipinski definition) is 4. The Hall–Kier alpha value is -0.370. The van der Waals surface area contributed by atoms with Crippen molar-refractivity contribution in [2.75, 3.05) is 25.4 Å². The molecule has 1 saturated heterocycles. The molecule has 20 heavy (non-hydrogen) atoms. The number of rotatable bonds is 4. The zero-order valence-corrected chi connectivity index (χ0v) is 13.3. The molecule has 1 aliphatic heterocycles. The highest BCUT2D eigenvalue weighted by atomic mass is 35.5. The van der Waals surface area contributed by atoms with Crippen molar-refractivity contribution in [2.45, 2.75) is 44.1 Å². The molecule has 0 aromatic carbocycles. The summed E-state index contributed by atoms with van der Waals surface area (Å²) in [5.41, 5.74) is 5.36. The van der Waals surface area contributed by atoms with Crippen LogP contribution in [-0.2, 0) is 14.8 Å². The lowest BCUT2D eigenvalue weighted by Crippen LogP contribution is -2.55. The second-order valence-corrected chi connectivity index (χ2v) is 7.63. The maximum absolute atomic E-state index is 12.1. The quantitative estimate of drug-likeness (QED) is 0.773. The van der Waals surface area contributed by atoms with Crippen LogP contribution >= 0.6 is 12.4 Å². The van der Waals surface area contributed by atoms with Crippen LogP contribution in [0.4, 0.5) is 0 Å². The van der Waals surface area contributed by atoms with Gasteiger partial charge in [-0.05, 0) is 19.3 Å². The van der Waals surface area contributed by atoms with Gasteiger partial charge < -0.3 is 11.1 Å². The molecule has 0 atom stereocenters. The van der Waals surface area contributed by atoms with E-state index in [0.29, 0.717) is 26.1 Å². The summed E-state index contributed by atoms with van der Waals surface area (Å²) in [5, 5.41) is 2.79. The molecule has 0 unspecified atom stereocenters. The predicted octanol–water partition coefficient (Wildman–Crippen LogP) is 0.221. The molecule has 0 aromatic heterocycles. The topological polar surface area (TPSA) is 92.5 Å². The number of amides is 1. The Balaban J connectivity index is 0.00000200.